The van der Waals surface area contributed by atoms with E-state index >= 15 is 0 Å². The van der Waals surface area contributed by atoms with E-state index < -0.39 is 5.60 Å². The highest BCUT2D eigenvalue weighted by atomic mass is 16.6. The van der Waals surface area contributed by atoms with Crippen molar-refractivity contribution in [1.29, 1.82) is 0 Å². The molecule has 0 aromatic carbocycles. The van der Waals surface area contributed by atoms with Crippen LogP contribution in [0.25, 0.3) is 0 Å². The summed E-state index contributed by atoms with van der Waals surface area (Å²) < 4.78 is 5.29. The van der Waals surface area contributed by atoms with Gasteiger partial charge in [-0.1, -0.05) is 6.42 Å². The van der Waals surface area contributed by atoms with Crippen LogP contribution in [0.2, 0.25) is 0 Å². The van der Waals surface area contributed by atoms with Gasteiger partial charge in [0.1, 0.15) is 5.60 Å². The summed E-state index contributed by atoms with van der Waals surface area (Å²) in [5.41, 5.74) is -0.428. The molecule has 126 valence electrons. The van der Waals surface area contributed by atoms with Crippen molar-refractivity contribution >= 4 is 6.09 Å². The molecule has 0 aromatic rings. The Morgan fingerprint density at radius 2 is 1.91 bits per heavy atom. The highest BCUT2D eigenvalue weighted by molar-refractivity contribution is 5.67. The second kappa shape index (κ2) is 6.03. The molecule has 0 saturated heterocycles. The Balaban J connectivity index is 1.41. The predicted molar refractivity (Wildman–Crippen MR) is 87.7 cm³/mol. The second-order valence-corrected chi connectivity index (χ2v) is 8.71. The molecule has 6 unspecified atom stereocenters. The number of carbonyl (C=O) groups excluding carboxylic acids is 1. The van der Waals surface area contributed by atoms with E-state index in [1.807, 2.05) is 20.8 Å². The van der Waals surface area contributed by atoms with Crippen LogP contribution < -0.4 is 10.6 Å². The molecular formula is C18H32N2O2. The summed E-state index contributed by atoms with van der Waals surface area (Å²) in [4.78, 5) is 11.7. The summed E-state index contributed by atoms with van der Waals surface area (Å²) >= 11 is 0. The van der Waals surface area contributed by atoms with Crippen LogP contribution in [-0.4, -0.2) is 30.3 Å². The van der Waals surface area contributed by atoms with Gasteiger partial charge in [-0.25, -0.2) is 4.79 Å². The number of ether oxygens (including phenoxy) is 1. The first-order chi connectivity index (χ1) is 10.3. The first-order valence-corrected chi connectivity index (χ1v) is 9.06. The lowest BCUT2D eigenvalue weighted by Gasteiger charge is -2.34. The fraction of sp³-hybridized carbons (Fsp3) is 0.944. The molecule has 0 spiro atoms. The van der Waals surface area contributed by atoms with Crippen LogP contribution >= 0.6 is 0 Å². The molecule has 4 nitrogen and oxygen atoms in total. The van der Waals surface area contributed by atoms with Gasteiger partial charge in [0.05, 0.1) is 0 Å². The molecule has 0 aromatic heterocycles. The van der Waals surface area contributed by atoms with Crippen LogP contribution in [0.3, 0.4) is 0 Å². The second-order valence-electron chi connectivity index (χ2n) is 8.71. The standard InChI is InChI=1S/C18H32N2O2/c1-11(10-19-17(21)22-18(2,3)4)20-16-9-12-8-15(16)14-7-5-6-13(12)14/h11-16,20H,5-10H2,1-4H3,(H,19,21). The Kier molecular flexibility index (Phi) is 4.41. The maximum absolute atomic E-state index is 11.7. The van der Waals surface area contributed by atoms with Gasteiger partial charge in [0.15, 0.2) is 0 Å². The lowest BCUT2D eigenvalue weighted by atomic mass is 9.79. The molecule has 3 fully saturated rings. The molecule has 3 saturated carbocycles. The smallest absolute Gasteiger partial charge is 0.407 e. The van der Waals surface area contributed by atoms with Gasteiger partial charge >= 0.3 is 6.09 Å². The topological polar surface area (TPSA) is 50.4 Å². The third-order valence-corrected chi connectivity index (χ3v) is 5.88. The molecule has 3 rings (SSSR count). The average molecular weight is 308 g/mol. The Morgan fingerprint density at radius 1 is 1.18 bits per heavy atom. The van der Waals surface area contributed by atoms with Gasteiger partial charge in [-0.3, -0.25) is 0 Å². The molecule has 2 bridgehead atoms. The molecule has 3 aliphatic rings. The lowest BCUT2D eigenvalue weighted by Crippen LogP contribution is -2.48. The molecule has 2 N–H and O–H groups in total. The van der Waals surface area contributed by atoms with E-state index in [9.17, 15) is 4.79 Å². The summed E-state index contributed by atoms with van der Waals surface area (Å²) in [6.07, 6.45) is 6.86. The van der Waals surface area contributed by atoms with E-state index in [0.717, 1.165) is 23.7 Å². The first kappa shape index (κ1) is 16.1. The molecule has 4 heteroatoms. The number of fused-ring (bicyclic) bond motifs is 5. The SMILES string of the molecule is CC(CNC(=O)OC(C)(C)C)NC1CC2CC1C1CCCC21. The van der Waals surface area contributed by atoms with E-state index in [2.05, 4.69) is 17.6 Å². The molecule has 22 heavy (non-hydrogen) atoms. The zero-order valence-electron chi connectivity index (χ0n) is 14.5. The first-order valence-electron chi connectivity index (χ1n) is 9.06. The van der Waals surface area contributed by atoms with Gasteiger partial charge in [-0.15, -0.1) is 0 Å². The number of hydrogen-bond acceptors (Lipinski definition) is 3. The Bertz CT molecular complexity index is 418. The molecule has 1 amide bonds. The van der Waals surface area contributed by atoms with Crippen molar-refractivity contribution in [2.45, 2.75) is 77.5 Å². The van der Waals surface area contributed by atoms with Crippen molar-refractivity contribution in [2.75, 3.05) is 6.54 Å². The Morgan fingerprint density at radius 3 is 2.64 bits per heavy atom. The molecule has 0 radical (unpaired) electrons. The average Bonchev–Trinajstić information content (AvgIpc) is 3.05. The maximum atomic E-state index is 11.7. The molecule has 6 atom stereocenters. The summed E-state index contributed by atoms with van der Waals surface area (Å²) in [6, 6.07) is 0.969. The van der Waals surface area contributed by atoms with Gasteiger partial charge in [0.25, 0.3) is 0 Å². The van der Waals surface area contributed by atoms with Gasteiger partial charge in [-0.05, 0) is 77.0 Å². The number of amides is 1. The maximum Gasteiger partial charge on any atom is 0.407 e. The van der Waals surface area contributed by atoms with E-state index in [1.165, 1.54) is 32.1 Å². The zero-order valence-corrected chi connectivity index (χ0v) is 14.5. The Labute approximate surface area is 134 Å². The van der Waals surface area contributed by atoms with Crippen molar-refractivity contribution in [2.24, 2.45) is 23.7 Å². The quantitative estimate of drug-likeness (QED) is 0.837. The molecular weight excluding hydrogens is 276 g/mol. The summed E-state index contributed by atoms with van der Waals surface area (Å²) in [5, 5.41) is 6.65. The highest BCUT2D eigenvalue weighted by Gasteiger charge is 2.53. The van der Waals surface area contributed by atoms with Gasteiger partial charge in [-0.2, -0.15) is 0 Å². The minimum atomic E-state index is -0.428. The van der Waals surface area contributed by atoms with Crippen LogP contribution in [-0.2, 0) is 4.74 Å². The monoisotopic (exact) mass is 308 g/mol. The third-order valence-electron chi connectivity index (χ3n) is 5.88. The van der Waals surface area contributed by atoms with Crippen LogP contribution in [0.5, 0.6) is 0 Å². The number of alkyl carbamates (subject to hydrolysis) is 1. The summed E-state index contributed by atoms with van der Waals surface area (Å²) in [6.45, 7) is 8.47. The van der Waals surface area contributed by atoms with E-state index in [-0.39, 0.29) is 6.09 Å². The van der Waals surface area contributed by atoms with Crippen molar-refractivity contribution in [3.05, 3.63) is 0 Å². The van der Waals surface area contributed by atoms with Crippen molar-refractivity contribution < 1.29 is 9.53 Å². The van der Waals surface area contributed by atoms with Crippen LogP contribution in [0.1, 0.15) is 59.8 Å². The summed E-state index contributed by atoms with van der Waals surface area (Å²) in [5.74, 6) is 3.89. The third kappa shape index (κ3) is 3.42. The number of nitrogens with one attached hydrogen (secondary N) is 2. The fourth-order valence-electron chi connectivity index (χ4n) is 5.23. The van der Waals surface area contributed by atoms with E-state index in [1.54, 1.807) is 0 Å². The van der Waals surface area contributed by atoms with Crippen molar-refractivity contribution in [1.82, 2.24) is 10.6 Å². The van der Waals surface area contributed by atoms with Crippen molar-refractivity contribution in [3.8, 4) is 0 Å². The number of carbonyl (C=O) groups is 1. The van der Waals surface area contributed by atoms with Gasteiger partial charge < -0.3 is 15.4 Å². The molecule has 0 heterocycles. The summed E-state index contributed by atoms with van der Waals surface area (Å²) in [7, 11) is 0. The van der Waals surface area contributed by atoms with Crippen LogP contribution in [0.15, 0.2) is 0 Å². The van der Waals surface area contributed by atoms with Crippen LogP contribution in [0.4, 0.5) is 4.79 Å². The van der Waals surface area contributed by atoms with Gasteiger partial charge in [0.2, 0.25) is 0 Å². The number of hydrogen-bond donors (Lipinski definition) is 2. The fourth-order valence-corrected chi connectivity index (χ4v) is 5.23. The zero-order chi connectivity index (χ0) is 15.9. The minimum Gasteiger partial charge on any atom is -0.444 e. The van der Waals surface area contributed by atoms with E-state index in [0.29, 0.717) is 18.6 Å². The normalized spacial score (nSPS) is 37.9. The number of rotatable bonds is 4. The molecule has 0 aliphatic heterocycles. The van der Waals surface area contributed by atoms with Crippen LogP contribution in [0, 0.1) is 23.7 Å². The lowest BCUT2D eigenvalue weighted by molar-refractivity contribution is 0.0521. The largest absolute Gasteiger partial charge is 0.444 e. The van der Waals surface area contributed by atoms with Gasteiger partial charge in [0, 0.05) is 18.6 Å². The van der Waals surface area contributed by atoms with E-state index in [4.69, 9.17) is 4.74 Å². The molecule has 3 aliphatic carbocycles. The Hall–Kier alpha value is -0.770. The predicted octanol–water partition coefficient (Wildman–Crippen LogP) is 3.31. The van der Waals surface area contributed by atoms with Crippen molar-refractivity contribution in [3.63, 3.8) is 0 Å². The minimum absolute atomic E-state index is 0.303. The highest BCUT2D eigenvalue weighted by Crippen LogP contribution is 2.58.